The molecule has 1 aliphatic carbocycles. The van der Waals surface area contributed by atoms with Gasteiger partial charge in [-0.1, -0.05) is 12.5 Å². The quantitative estimate of drug-likeness (QED) is 0.870. The minimum absolute atomic E-state index is 0.00313. The highest BCUT2D eigenvalue weighted by Gasteiger charge is 2.27. The Morgan fingerprint density at radius 1 is 1.42 bits per heavy atom. The number of halogens is 2. The Morgan fingerprint density at radius 2 is 2.16 bits per heavy atom. The van der Waals surface area contributed by atoms with Gasteiger partial charge in [-0.15, -0.1) is 11.6 Å². The maximum atomic E-state index is 13.2. The fourth-order valence-electron chi connectivity index (χ4n) is 2.38. The molecule has 6 heteroatoms. The molecule has 1 aromatic rings. The van der Waals surface area contributed by atoms with Crippen LogP contribution in [0.3, 0.4) is 0 Å². The topological polar surface area (TPSA) is 46.2 Å². The number of aryl methyl sites for hydroxylation is 1. The van der Waals surface area contributed by atoms with Crippen molar-refractivity contribution in [3.8, 4) is 0 Å². The summed E-state index contributed by atoms with van der Waals surface area (Å²) < 4.78 is 40.0. The van der Waals surface area contributed by atoms with Crippen LogP contribution in [0.25, 0.3) is 0 Å². The second kappa shape index (κ2) is 5.77. The molecule has 2 unspecified atom stereocenters. The molecule has 2 rings (SSSR count). The Balaban J connectivity index is 2.12. The molecule has 2 atom stereocenters. The standard InChI is InChI=1S/C13H17ClFNO2S/c1-9-5-6-11(15)7-13(9)19(17,18)16-8-10-3-2-4-12(10)14/h5-7,10,12,16H,2-4,8H2,1H3. The molecule has 1 saturated carbocycles. The van der Waals surface area contributed by atoms with E-state index in [1.165, 1.54) is 12.1 Å². The molecule has 0 aliphatic heterocycles. The smallest absolute Gasteiger partial charge is 0.211 e. The zero-order valence-electron chi connectivity index (χ0n) is 10.7. The lowest BCUT2D eigenvalue weighted by molar-refractivity contribution is 0.522. The molecule has 1 aromatic carbocycles. The molecule has 0 amide bonds. The minimum atomic E-state index is -3.67. The van der Waals surface area contributed by atoms with Gasteiger partial charge in [0.05, 0.1) is 4.90 Å². The number of sulfonamides is 1. The normalized spacial score (nSPS) is 23.7. The SMILES string of the molecule is Cc1ccc(F)cc1S(=O)(=O)NCC1CCCC1Cl. The van der Waals surface area contributed by atoms with Crippen molar-refractivity contribution in [2.75, 3.05) is 6.54 Å². The van der Waals surface area contributed by atoms with Crippen LogP contribution in [0.5, 0.6) is 0 Å². The lowest BCUT2D eigenvalue weighted by Crippen LogP contribution is -2.31. The lowest BCUT2D eigenvalue weighted by atomic mass is 10.1. The number of benzene rings is 1. The summed E-state index contributed by atoms with van der Waals surface area (Å²) in [5.41, 5.74) is 0.530. The average Bonchev–Trinajstić information content (AvgIpc) is 2.75. The molecule has 1 N–H and O–H groups in total. The summed E-state index contributed by atoms with van der Waals surface area (Å²) in [6.45, 7) is 1.96. The van der Waals surface area contributed by atoms with Gasteiger partial charge in [-0.05, 0) is 43.4 Å². The van der Waals surface area contributed by atoms with Crippen molar-refractivity contribution in [3.05, 3.63) is 29.6 Å². The Bertz CT molecular complexity index is 562. The van der Waals surface area contributed by atoms with Crippen molar-refractivity contribution < 1.29 is 12.8 Å². The zero-order valence-corrected chi connectivity index (χ0v) is 12.3. The maximum absolute atomic E-state index is 13.2. The van der Waals surface area contributed by atoms with Crippen molar-refractivity contribution in [3.63, 3.8) is 0 Å². The van der Waals surface area contributed by atoms with Gasteiger partial charge in [-0.25, -0.2) is 17.5 Å². The summed E-state index contributed by atoms with van der Waals surface area (Å²) >= 11 is 6.11. The molecule has 0 radical (unpaired) electrons. The Labute approximate surface area is 118 Å². The monoisotopic (exact) mass is 305 g/mol. The first-order valence-corrected chi connectivity index (χ1v) is 8.22. The number of nitrogens with one attached hydrogen (secondary N) is 1. The van der Waals surface area contributed by atoms with E-state index in [4.69, 9.17) is 11.6 Å². The van der Waals surface area contributed by atoms with Gasteiger partial charge >= 0.3 is 0 Å². The van der Waals surface area contributed by atoms with E-state index in [1.807, 2.05) is 0 Å². The molecule has 19 heavy (non-hydrogen) atoms. The summed E-state index contributed by atoms with van der Waals surface area (Å²) in [6, 6.07) is 3.76. The number of hydrogen-bond donors (Lipinski definition) is 1. The van der Waals surface area contributed by atoms with Gasteiger partial charge in [0, 0.05) is 11.9 Å². The minimum Gasteiger partial charge on any atom is -0.211 e. The van der Waals surface area contributed by atoms with Crippen LogP contribution in [0.1, 0.15) is 24.8 Å². The highest BCUT2D eigenvalue weighted by Crippen LogP contribution is 2.29. The van der Waals surface area contributed by atoms with Gasteiger partial charge in [0.15, 0.2) is 0 Å². The zero-order chi connectivity index (χ0) is 14.0. The van der Waals surface area contributed by atoms with Gasteiger partial charge in [0.25, 0.3) is 0 Å². The van der Waals surface area contributed by atoms with Crippen molar-refractivity contribution in [1.29, 1.82) is 0 Å². The molecular formula is C13H17ClFNO2S. The first kappa shape index (κ1) is 14.8. The second-order valence-corrected chi connectivity index (χ2v) is 7.26. The van der Waals surface area contributed by atoms with Crippen LogP contribution < -0.4 is 4.72 Å². The molecule has 0 aromatic heterocycles. The fourth-order valence-corrected chi connectivity index (χ4v) is 4.10. The van der Waals surface area contributed by atoms with E-state index in [2.05, 4.69) is 4.72 Å². The molecule has 0 bridgehead atoms. The van der Waals surface area contributed by atoms with E-state index in [0.717, 1.165) is 25.3 Å². The van der Waals surface area contributed by atoms with Crippen LogP contribution in [0.2, 0.25) is 0 Å². The number of hydrogen-bond acceptors (Lipinski definition) is 2. The van der Waals surface area contributed by atoms with E-state index in [1.54, 1.807) is 6.92 Å². The van der Waals surface area contributed by atoms with E-state index in [0.29, 0.717) is 12.1 Å². The molecule has 3 nitrogen and oxygen atoms in total. The highest BCUT2D eigenvalue weighted by atomic mass is 35.5. The first-order chi connectivity index (χ1) is 8.90. The number of rotatable bonds is 4. The third-order valence-electron chi connectivity index (χ3n) is 3.54. The van der Waals surface area contributed by atoms with E-state index in [-0.39, 0.29) is 16.2 Å². The van der Waals surface area contributed by atoms with E-state index >= 15 is 0 Å². The van der Waals surface area contributed by atoms with Crippen LogP contribution in [0, 0.1) is 18.7 Å². The van der Waals surface area contributed by atoms with E-state index < -0.39 is 15.8 Å². The molecule has 106 valence electrons. The third kappa shape index (κ3) is 3.46. The van der Waals surface area contributed by atoms with Crippen LogP contribution in [0.4, 0.5) is 4.39 Å². The van der Waals surface area contributed by atoms with E-state index in [9.17, 15) is 12.8 Å². The largest absolute Gasteiger partial charge is 0.240 e. The van der Waals surface area contributed by atoms with Gasteiger partial charge in [-0.3, -0.25) is 0 Å². The van der Waals surface area contributed by atoms with Crippen LogP contribution in [-0.2, 0) is 10.0 Å². The van der Waals surface area contributed by atoms with Crippen molar-refractivity contribution in [2.24, 2.45) is 5.92 Å². The molecule has 0 heterocycles. The third-order valence-corrected chi connectivity index (χ3v) is 5.68. The summed E-state index contributed by atoms with van der Waals surface area (Å²) in [5.74, 6) is -0.396. The van der Waals surface area contributed by atoms with Gasteiger partial charge in [-0.2, -0.15) is 0 Å². The Kier molecular flexibility index (Phi) is 4.48. The highest BCUT2D eigenvalue weighted by molar-refractivity contribution is 7.89. The average molecular weight is 306 g/mol. The summed E-state index contributed by atoms with van der Waals surface area (Å²) in [7, 11) is -3.67. The first-order valence-electron chi connectivity index (χ1n) is 6.30. The van der Waals surface area contributed by atoms with Crippen molar-refractivity contribution in [2.45, 2.75) is 36.5 Å². The second-order valence-electron chi connectivity index (χ2n) is 4.97. The van der Waals surface area contributed by atoms with Gasteiger partial charge in [0.1, 0.15) is 5.82 Å². The summed E-state index contributed by atoms with van der Waals surface area (Å²) in [6.07, 6.45) is 2.88. The van der Waals surface area contributed by atoms with Crippen LogP contribution in [0.15, 0.2) is 23.1 Å². The lowest BCUT2D eigenvalue weighted by Gasteiger charge is -2.15. The predicted octanol–water partition coefficient (Wildman–Crippen LogP) is 2.82. The molecular weight excluding hydrogens is 289 g/mol. The van der Waals surface area contributed by atoms with Crippen molar-refractivity contribution in [1.82, 2.24) is 4.72 Å². The van der Waals surface area contributed by atoms with Gasteiger partial charge in [0.2, 0.25) is 10.0 Å². The Morgan fingerprint density at radius 3 is 2.79 bits per heavy atom. The number of alkyl halides is 1. The van der Waals surface area contributed by atoms with Crippen molar-refractivity contribution >= 4 is 21.6 Å². The summed E-state index contributed by atoms with van der Waals surface area (Å²) in [5, 5.41) is 0.0244. The van der Waals surface area contributed by atoms with Crippen LogP contribution >= 0.6 is 11.6 Å². The van der Waals surface area contributed by atoms with Crippen LogP contribution in [-0.4, -0.2) is 20.3 Å². The molecule has 0 spiro atoms. The molecule has 1 aliphatic rings. The summed E-state index contributed by atoms with van der Waals surface area (Å²) in [4.78, 5) is -0.00313. The maximum Gasteiger partial charge on any atom is 0.240 e. The van der Waals surface area contributed by atoms with Gasteiger partial charge < -0.3 is 0 Å². The fraction of sp³-hybridized carbons (Fsp3) is 0.538. The molecule has 1 fully saturated rings. The molecule has 0 saturated heterocycles. The predicted molar refractivity (Wildman–Crippen MR) is 73.3 cm³/mol. The Hall–Kier alpha value is -0.650.